The first-order chi connectivity index (χ1) is 9.85. The number of hydrogen-bond acceptors (Lipinski definition) is 4. The zero-order valence-corrected chi connectivity index (χ0v) is 13.1. The Morgan fingerprint density at radius 1 is 1.43 bits per heavy atom. The third kappa shape index (κ3) is 3.29. The highest BCUT2D eigenvalue weighted by Gasteiger charge is 2.40. The van der Waals surface area contributed by atoms with Gasteiger partial charge in [0, 0.05) is 18.0 Å². The van der Waals surface area contributed by atoms with E-state index in [4.69, 9.17) is 16.3 Å². The molecule has 6 heteroatoms. The molecular formula is C15H18ClNO4. The molecular weight excluding hydrogens is 294 g/mol. The van der Waals surface area contributed by atoms with E-state index >= 15 is 0 Å². The van der Waals surface area contributed by atoms with E-state index in [1.165, 1.54) is 7.11 Å². The number of methoxy groups -OCH3 is 1. The van der Waals surface area contributed by atoms with Crippen LogP contribution in [0.15, 0.2) is 18.2 Å². The van der Waals surface area contributed by atoms with Crippen LogP contribution in [0.4, 0.5) is 5.69 Å². The van der Waals surface area contributed by atoms with E-state index in [2.05, 4.69) is 4.74 Å². The summed E-state index contributed by atoms with van der Waals surface area (Å²) in [6.45, 7) is 3.86. The maximum atomic E-state index is 12.5. The number of amides is 1. The molecule has 1 aromatic carbocycles. The fourth-order valence-electron chi connectivity index (χ4n) is 2.25. The summed E-state index contributed by atoms with van der Waals surface area (Å²) < 4.78 is 10.3. The molecule has 0 atom stereocenters. The average Bonchev–Trinajstić information content (AvgIpc) is 2.43. The van der Waals surface area contributed by atoms with Crippen LogP contribution >= 0.6 is 11.6 Å². The number of carbonyl (C=O) groups is 2. The first kappa shape index (κ1) is 15.6. The van der Waals surface area contributed by atoms with Crippen molar-refractivity contribution in [3.63, 3.8) is 0 Å². The summed E-state index contributed by atoms with van der Waals surface area (Å²) in [6.07, 6.45) is 0.776. The third-order valence-electron chi connectivity index (χ3n) is 3.33. The van der Waals surface area contributed by atoms with Gasteiger partial charge < -0.3 is 14.4 Å². The molecule has 1 aliphatic rings. The molecule has 1 aromatic rings. The Labute approximate surface area is 128 Å². The quantitative estimate of drug-likeness (QED) is 0.802. The van der Waals surface area contributed by atoms with Crippen LogP contribution in [-0.4, -0.2) is 31.1 Å². The minimum absolute atomic E-state index is 0.151. The summed E-state index contributed by atoms with van der Waals surface area (Å²) in [4.78, 5) is 25.3. The van der Waals surface area contributed by atoms with Gasteiger partial charge in [-0.3, -0.25) is 9.59 Å². The van der Waals surface area contributed by atoms with Crippen molar-refractivity contribution >= 4 is 29.2 Å². The van der Waals surface area contributed by atoms with Gasteiger partial charge in [0.05, 0.1) is 12.8 Å². The lowest BCUT2D eigenvalue weighted by atomic mass is 10.0. The van der Waals surface area contributed by atoms with Gasteiger partial charge in [-0.15, -0.1) is 0 Å². The summed E-state index contributed by atoms with van der Waals surface area (Å²) in [7, 11) is 1.35. The van der Waals surface area contributed by atoms with Crippen LogP contribution in [0.2, 0.25) is 5.02 Å². The predicted molar refractivity (Wildman–Crippen MR) is 79.8 cm³/mol. The van der Waals surface area contributed by atoms with Crippen LogP contribution in [0.1, 0.15) is 26.7 Å². The van der Waals surface area contributed by atoms with Crippen molar-refractivity contribution in [2.75, 3.05) is 18.6 Å². The summed E-state index contributed by atoms with van der Waals surface area (Å²) in [5.74, 6) is 0.172. The second kappa shape index (κ2) is 5.93. The zero-order chi connectivity index (χ0) is 15.6. The van der Waals surface area contributed by atoms with E-state index in [1.54, 1.807) is 36.9 Å². The Morgan fingerprint density at radius 2 is 2.14 bits per heavy atom. The molecule has 1 aliphatic heterocycles. The smallest absolute Gasteiger partial charge is 0.305 e. The molecule has 1 amide bonds. The van der Waals surface area contributed by atoms with E-state index in [1.807, 2.05) is 0 Å². The molecule has 0 saturated carbocycles. The van der Waals surface area contributed by atoms with E-state index in [0.29, 0.717) is 29.4 Å². The number of ether oxygens (including phenoxy) is 2. The lowest BCUT2D eigenvalue weighted by Crippen LogP contribution is -2.52. The predicted octanol–water partition coefficient (Wildman–Crippen LogP) is 2.80. The first-order valence-corrected chi connectivity index (χ1v) is 7.10. The Morgan fingerprint density at radius 3 is 2.81 bits per heavy atom. The van der Waals surface area contributed by atoms with Crippen molar-refractivity contribution in [2.45, 2.75) is 32.3 Å². The van der Waals surface area contributed by atoms with Gasteiger partial charge in [0.1, 0.15) is 5.75 Å². The van der Waals surface area contributed by atoms with Crippen LogP contribution < -0.4 is 9.64 Å². The van der Waals surface area contributed by atoms with Crippen LogP contribution in [0.25, 0.3) is 0 Å². The van der Waals surface area contributed by atoms with Gasteiger partial charge in [-0.25, -0.2) is 0 Å². The Bertz CT molecular complexity index is 571. The van der Waals surface area contributed by atoms with Gasteiger partial charge >= 0.3 is 5.97 Å². The number of halogens is 1. The fourth-order valence-corrected chi connectivity index (χ4v) is 2.41. The molecule has 0 aliphatic carbocycles. The second-order valence-electron chi connectivity index (χ2n) is 5.36. The monoisotopic (exact) mass is 311 g/mol. The van der Waals surface area contributed by atoms with E-state index in [9.17, 15) is 9.59 Å². The summed E-state index contributed by atoms with van der Waals surface area (Å²) in [5.41, 5.74) is -0.303. The molecule has 5 nitrogen and oxygen atoms in total. The Balaban J connectivity index is 2.23. The number of anilines is 1. The molecule has 0 spiro atoms. The number of nitrogens with zero attached hydrogens (tertiary/aromatic N) is 1. The fraction of sp³-hybridized carbons (Fsp3) is 0.467. The van der Waals surface area contributed by atoms with E-state index in [-0.39, 0.29) is 18.3 Å². The molecule has 1 heterocycles. The van der Waals surface area contributed by atoms with Crippen LogP contribution in [-0.2, 0) is 14.3 Å². The summed E-state index contributed by atoms with van der Waals surface area (Å²) >= 11 is 6.00. The van der Waals surface area contributed by atoms with Crippen LogP contribution in [0.5, 0.6) is 5.75 Å². The molecule has 21 heavy (non-hydrogen) atoms. The number of carbonyl (C=O) groups excluding carboxylic acids is 2. The molecule has 0 radical (unpaired) electrons. The minimum Gasteiger partial charge on any atom is -0.476 e. The summed E-state index contributed by atoms with van der Waals surface area (Å²) in [6, 6.07) is 5.17. The summed E-state index contributed by atoms with van der Waals surface area (Å²) in [5, 5.41) is 0.530. The highest BCUT2D eigenvalue weighted by Crippen LogP contribution is 2.39. The number of esters is 1. The van der Waals surface area contributed by atoms with Crippen molar-refractivity contribution in [3.05, 3.63) is 23.2 Å². The topological polar surface area (TPSA) is 55.8 Å². The van der Waals surface area contributed by atoms with E-state index < -0.39 is 5.60 Å². The molecule has 0 fully saturated rings. The molecule has 0 bridgehead atoms. The highest BCUT2D eigenvalue weighted by molar-refractivity contribution is 6.31. The van der Waals surface area contributed by atoms with Crippen molar-refractivity contribution in [3.8, 4) is 5.75 Å². The Hall–Kier alpha value is -1.75. The molecule has 2 rings (SSSR count). The molecule has 0 saturated heterocycles. The normalized spacial score (nSPS) is 16.2. The van der Waals surface area contributed by atoms with Crippen molar-refractivity contribution in [2.24, 2.45) is 0 Å². The molecule has 114 valence electrons. The number of fused-ring (bicyclic) bond motifs is 1. The minimum atomic E-state index is -0.938. The first-order valence-electron chi connectivity index (χ1n) is 6.72. The average molecular weight is 312 g/mol. The SMILES string of the molecule is COC(=O)CCCN1C(=O)C(C)(C)Oc2ccc(Cl)cc21. The lowest BCUT2D eigenvalue weighted by Gasteiger charge is -2.38. The highest BCUT2D eigenvalue weighted by atomic mass is 35.5. The second-order valence-corrected chi connectivity index (χ2v) is 5.80. The zero-order valence-electron chi connectivity index (χ0n) is 12.3. The van der Waals surface area contributed by atoms with Gasteiger partial charge in [0.2, 0.25) is 0 Å². The van der Waals surface area contributed by atoms with Gasteiger partial charge in [0.25, 0.3) is 5.91 Å². The van der Waals surface area contributed by atoms with Gasteiger partial charge in [0.15, 0.2) is 5.60 Å². The van der Waals surface area contributed by atoms with Gasteiger partial charge in [-0.1, -0.05) is 11.6 Å². The molecule has 0 aromatic heterocycles. The number of benzene rings is 1. The Kier molecular flexibility index (Phi) is 4.42. The van der Waals surface area contributed by atoms with Gasteiger partial charge in [-0.05, 0) is 38.5 Å². The van der Waals surface area contributed by atoms with Crippen molar-refractivity contribution in [1.29, 1.82) is 0 Å². The van der Waals surface area contributed by atoms with E-state index in [0.717, 1.165) is 0 Å². The lowest BCUT2D eigenvalue weighted by molar-refractivity contribution is -0.141. The van der Waals surface area contributed by atoms with Gasteiger partial charge in [-0.2, -0.15) is 0 Å². The maximum absolute atomic E-state index is 12.5. The number of rotatable bonds is 4. The maximum Gasteiger partial charge on any atom is 0.305 e. The third-order valence-corrected chi connectivity index (χ3v) is 3.56. The standard InChI is InChI=1S/C15H18ClNO4/c1-15(2)14(19)17(8-4-5-13(18)20-3)11-9-10(16)6-7-12(11)21-15/h6-7,9H,4-5,8H2,1-3H3. The van der Waals surface area contributed by atoms with Crippen molar-refractivity contribution < 1.29 is 19.1 Å². The van der Waals surface area contributed by atoms with Crippen LogP contribution in [0.3, 0.4) is 0 Å². The molecule has 0 N–H and O–H groups in total. The van der Waals surface area contributed by atoms with Crippen molar-refractivity contribution in [1.82, 2.24) is 0 Å². The largest absolute Gasteiger partial charge is 0.476 e. The number of hydrogen-bond donors (Lipinski definition) is 0. The molecule has 0 unspecified atom stereocenters. The van der Waals surface area contributed by atoms with Crippen LogP contribution in [0, 0.1) is 0 Å².